The Kier molecular flexibility index (Phi) is 5.81. The average Bonchev–Trinajstić information content (AvgIpc) is 2.59. The molecule has 0 saturated heterocycles. The highest BCUT2D eigenvalue weighted by Crippen LogP contribution is 2.05. The molecule has 0 aliphatic rings. The smallest absolute Gasteiger partial charge is 0.271 e. The molecule has 3 N–H and O–H groups in total. The van der Waals surface area contributed by atoms with Crippen LogP contribution in [0.1, 0.15) is 23.2 Å². The van der Waals surface area contributed by atoms with Gasteiger partial charge in [0.05, 0.1) is 5.56 Å². The van der Waals surface area contributed by atoms with Gasteiger partial charge in [-0.15, -0.1) is 0 Å². The molecule has 0 radical (unpaired) electrons. The van der Waals surface area contributed by atoms with E-state index in [2.05, 4.69) is 21.2 Å². The second-order valence-corrected chi connectivity index (χ2v) is 4.66. The second kappa shape index (κ2) is 8.28. The average molecular weight is 312 g/mol. The molecule has 2 rings (SSSR count). The Balaban J connectivity index is 1.69. The summed E-state index contributed by atoms with van der Waals surface area (Å²) in [5.41, 5.74) is 5.51. The number of nitrogens with zero attached hydrogens (tertiary/aromatic N) is 1. The number of para-hydroxylation sites is 1. The van der Waals surface area contributed by atoms with Crippen molar-refractivity contribution in [1.82, 2.24) is 15.8 Å². The summed E-state index contributed by atoms with van der Waals surface area (Å²) in [5, 5.41) is 2.67. The summed E-state index contributed by atoms with van der Waals surface area (Å²) in [6.45, 7) is 0. The lowest BCUT2D eigenvalue weighted by atomic mass is 10.2. The van der Waals surface area contributed by atoms with E-state index in [-0.39, 0.29) is 18.7 Å². The SMILES string of the molecule is O=C(CCC(=O)Nc1ccccc1)NNC(=O)c1cccnc1. The predicted octanol–water partition coefficient (Wildman–Crippen LogP) is 1.26. The summed E-state index contributed by atoms with van der Waals surface area (Å²) in [7, 11) is 0. The Hall–Kier alpha value is -3.22. The lowest BCUT2D eigenvalue weighted by Gasteiger charge is -2.07. The minimum absolute atomic E-state index is 0.0174. The number of amides is 3. The van der Waals surface area contributed by atoms with Crippen LogP contribution in [0.15, 0.2) is 54.9 Å². The maximum Gasteiger partial charge on any atom is 0.271 e. The Morgan fingerprint density at radius 3 is 2.30 bits per heavy atom. The summed E-state index contributed by atoms with van der Waals surface area (Å²) >= 11 is 0. The summed E-state index contributed by atoms with van der Waals surface area (Å²) in [4.78, 5) is 38.8. The van der Waals surface area contributed by atoms with Crippen molar-refractivity contribution < 1.29 is 14.4 Å². The number of anilines is 1. The standard InChI is InChI=1S/C16H16N4O3/c21-14(18-13-6-2-1-3-7-13)8-9-15(22)19-20-16(23)12-5-4-10-17-11-12/h1-7,10-11H,8-9H2,(H,18,21)(H,19,22)(H,20,23). The summed E-state index contributed by atoms with van der Waals surface area (Å²) in [6.07, 6.45) is 2.91. The van der Waals surface area contributed by atoms with Crippen molar-refractivity contribution in [2.75, 3.05) is 5.32 Å². The Labute approximate surface area is 133 Å². The summed E-state index contributed by atoms with van der Waals surface area (Å²) in [6, 6.07) is 12.1. The highest BCUT2D eigenvalue weighted by molar-refractivity contribution is 5.96. The van der Waals surface area contributed by atoms with Crippen LogP contribution in [0.3, 0.4) is 0 Å². The molecule has 0 saturated carbocycles. The largest absolute Gasteiger partial charge is 0.326 e. The highest BCUT2D eigenvalue weighted by Gasteiger charge is 2.09. The van der Waals surface area contributed by atoms with Crippen LogP contribution in [-0.2, 0) is 9.59 Å². The van der Waals surface area contributed by atoms with E-state index in [0.29, 0.717) is 11.3 Å². The van der Waals surface area contributed by atoms with Gasteiger partial charge in [0.15, 0.2) is 0 Å². The van der Waals surface area contributed by atoms with Crippen LogP contribution in [0, 0.1) is 0 Å². The molecule has 118 valence electrons. The van der Waals surface area contributed by atoms with E-state index in [0.717, 1.165) is 0 Å². The summed E-state index contributed by atoms with van der Waals surface area (Å²) < 4.78 is 0. The molecule has 7 heteroatoms. The minimum Gasteiger partial charge on any atom is -0.326 e. The van der Waals surface area contributed by atoms with Gasteiger partial charge >= 0.3 is 0 Å². The monoisotopic (exact) mass is 312 g/mol. The van der Waals surface area contributed by atoms with Gasteiger partial charge in [-0.05, 0) is 24.3 Å². The number of hydrogen-bond donors (Lipinski definition) is 3. The van der Waals surface area contributed by atoms with Crippen LogP contribution in [0.25, 0.3) is 0 Å². The minimum atomic E-state index is -0.472. The van der Waals surface area contributed by atoms with Gasteiger partial charge in [-0.2, -0.15) is 0 Å². The van der Waals surface area contributed by atoms with Crippen molar-refractivity contribution >= 4 is 23.4 Å². The number of rotatable bonds is 5. The molecule has 0 bridgehead atoms. The zero-order valence-corrected chi connectivity index (χ0v) is 12.3. The fourth-order valence-electron chi connectivity index (χ4n) is 1.73. The third kappa shape index (κ3) is 5.58. The van der Waals surface area contributed by atoms with Gasteiger partial charge in [0, 0.05) is 30.9 Å². The molecule has 3 amide bonds. The molecular formula is C16H16N4O3. The van der Waals surface area contributed by atoms with Gasteiger partial charge in [-0.25, -0.2) is 0 Å². The number of pyridine rings is 1. The van der Waals surface area contributed by atoms with Crippen molar-refractivity contribution in [3.63, 3.8) is 0 Å². The van der Waals surface area contributed by atoms with Crippen LogP contribution >= 0.6 is 0 Å². The van der Waals surface area contributed by atoms with Crippen molar-refractivity contribution in [1.29, 1.82) is 0 Å². The molecule has 0 atom stereocenters. The first-order valence-electron chi connectivity index (χ1n) is 6.99. The number of carbonyl (C=O) groups is 3. The molecule has 0 spiro atoms. The van der Waals surface area contributed by atoms with E-state index >= 15 is 0 Å². The van der Waals surface area contributed by atoms with E-state index in [9.17, 15) is 14.4 Å². The third-order valence-electron chi connectivity index (χ3n) is 2.88. The maximum absolute atomic E-state index is 11.7. The number of benzene rings is 1. The Morgan fingerprint density at radius 2 is 1.61 bits per heavy atom. The zero-order chi connectivity index (χ0) is 16.5. The van der Waals surface area contributed by atoms with Gasteiger partial charge in [0.2, 0.25) is 11.8 Å². The van der Waals surface area contributed by atoms with Crippen LogP contribution in [0.5, 0.6) is 0 Å². The van der Waals surface area contributed by atoms with Crippen molar-refractivity contribution in [2.24, 2.45) is 0 Å². The molecule has 0 unspecified atom stereocenters. The number of aromatic nitrogens is 1. The van der Waals surface area contributed by atoms with Gasteiger partial charge in [0.25, 0.3) is 5.91 Å². The van der Waals surface area contributed by atoms with Crippen molar-refractivity contribution in [3.05, 3.63) is 60.4 Å². The van der Waals surface area contributed by atoms with Gasteiger partial charge in [-0.3, -0.25) is 30.2 Å². The van der Waals surface area contributed by atoms with E-state index in [4.69, 9.17) is 0 Å². The molecular weight excluding hydrogens is 296 g/mol. The lowest BCUT2D eigenvalue weighted by molar-refractivity contribution is -0.124. The molecule has 1 aromatic heterocycles. The highest BCUT2D eigenvalue weighted by atomic mass is 16.2. The van der Waals surface area contributed by atoms with Crippen molar-refractivity contribution in [3.8, 4) is 0 Å². The number of nitrogens with one attached hydrogen (secondary N) is 3. The van der Waals surface area contributed by atoms with Gasteiger partial charge in [0.1, 0.15) is 0 Å². The zero-order valence-electron chi connectivity index (χ0n) is 12.3. The Morgan fingerprint density at radius 1 is 0.870 bits per heavy atom. The van der Waals surface area contributed by atoms with Crippen LogP contribution in [0.4, 0.5) is 5.69 Å². The predicted molar refractivity (Wildman–Crippen MR) is 84.2 cm³/mol. The van der Waals surface area contributed by atoms with Crippen LogP contribution in [0.2, 0.25) is 0 Å². The van der Waals surface area contributed by atoms with Gasteiger partial charge < -0.3 is 5.32 Å². The molecule has 0 aliphatic carbocycles. The lowest BCUT2D eigenvalue weighted by Crippen LogP contribution is -2.41. The van der Waals surface area contributed by atoms with E-state index in [1.165, 1.54) is 6.20 Å². The number of hydrazine groups is 1. The normalized spacial score (nSPS) is 9.74. The molecule has 0 fully saturated rings. The van der Waals surface area contributed by atoms with Crippen molar-refractivity contribution in [2.45, 2.75) is 12.8 Å². The molecule has 7 nitrogen and oxygen atoms in total. The molecule has 1 aromatic carbocycles. The Bertz CT molecular complexity index is 674. The van der Waals surface area contributed by atoms with E-state index < -0.39 is 11.8 Å². The van der Waals surface area contributed by atoms with E-state index in [1.54, 1.807) is 42.6 Å². The quantitative estimate of drug-likeness (QED) is 0.724. The fourth-order valence-corrected chi connectivity index (χ4v) is 1.73. The molecule has 2 aromatic rings. The first-order valence-corrected chi connectivity index (χ1v) is 6.99. The molecule has 1 heterocycles. The number of carbonyl (C=O) groups excluding carboxylic acids is 3. The first-order chi connectivity index (χ1) is 11.1. The fraction of sp³-hybridized carbons (Fsp3) is 0.125. The van der Waals surface area contributed by atoms with Crippen LogP contribution in [-0.4, -0.2) is 22.7 Å². The van der Waals surface area contributed by atoms with Crippen LogP contribution < -0.4 is 16.2 Å². The molecule has 0 aliphatic heterocycles. The summed E-state index contributed by atoms with van der Waals surface area (Å²) in [5.74, 6) is -1.20. The topological polar surface area (TPSA) is 100 Å². The third-order valence-corrected chi connectivity index (χ3v) is 2.88. The van der Waals surface area contributed by atoms with Gasteiger partial charge in [-0.1, -0.05) is 18.2 Å². The molecule has 23 heavy (non-hydrogen) atoms. The first kappa shape index (κ1) is 16.2. The second-order valence-electron chi connectivity index (χ2n) is 4.66. The maximum atomic E-state index is 11.7. The van der Waals surface area contributed by atoms with E-state index in [1.807, 2.05) is 6.07 Å². The number of hydrogen-bond acceptors (Lipinski definition) is 4.